The predicted molar refractivity (Wildman–Crippen MR) is 77.9 cm³/mol. The highest BCUT2D eigenvalue weighted by Gasteiger charge is 2.39. The minimum Gasteiger partial charge on any atom is -0.338 e. The van der Waals surface area contributed by atoms with E-state index in [0.29, 0.717) is 31.5 Å². The van der Waals surface area contributed by atoms with Crippen LogP contribution in [0.25, 0.3) is 0 Å². The highest BCUT2D eigenvalue weighted by Crippen LogP contribution is 2.32. The van der Waals surface area contributed by atoms with Crippen molar-refractivity contribution in [2.24, 2.45) is 0 Å². The summed E-state index contributed by atoms with van der Waals surface area (Å²) in [5.74, 6) is 0.519. The molecule has 1 fully saturated rings. The third kappa shape index (κ3) is 3.26. The van der Waals surface area contributed by atoms with Crippen molar-refractivity contribution in [1.29, 1.82) is 5.26 Å². The molecule has 0 bridgehead atoms. The molecule has 0 saturated carbocycles. The summed E-state index contributed by atoms with van der Waals surface area (Å²) in [7, 11) is 0. The first-order chi connectivity index (χ1) is 11.4. The first-order valence-corrected chi connectivity index (χ1v) is 7.54. The molecule has 5 nitrogen and oxygen atoms in total. The van der Waals surface area contributed by atoms with Crippen LogP contribution in [0.5, 0.6) is 0 Å². The SMILES string of the molecule is N#CC1(c2nc(Cc3cccc(C(F)(F)F)c3)no2)CCNCC1. The predicted octanol–water partition coefficient (Wildman–Crippen LogP) is 2.82. The molecule has 2 heterocycles. The molecule has 0 radical (unpaired) electrons. The van der Waals surface area contributed by atoms with E-state index in [9.17, 15) is 18.4 Å². The Hall–Kier alpha value is -2.40. The Bertz CT molecular complexity index is 757. The molecular formula is C16H15F3N4O. The van der Waals surface area contributed by atoms with E-state index < -0.39 is 17.2 Å². The van der Waals surface area contributed by atoms with E-state index in [1.807, 2.05) is 0 Å². The molecule has 0 aliphatic carbocycles. The molecule has 1 saturated heterocycles. The molecule has 1 aliphatic rings. The Morgan fingerprint density at radius 2 is 2.04 bits per heavy atom. The van der Waals surface area contributed by atoms with Crippen LogP contribution in [0, 0.1) is 11.3 Å². The summed E-state index contributed by atoms with van der Waals surface area (Å²) >= 11 is 0. The lowest BCUT2D eigenvalue weighted by molar-refractivity contribution is -0.137. The van der Waals surface area contributed by atoms with E-state index in [1.165, 1.54) is 6.07 Å². The minimum absolute atomic E-state index is 0.118. The fourth-order valence-corrected chi connectivity index (χ4v) is 2.79. The molecule has 1 aromatic heterocycles. The number of hydrogen-bond acceptors (Lipinski definition) is 5. The van der Waals surface area contributed by atoms with Crippen LogP contribution in [0.4, 0.5) is 13.2 Å². The molecule has 1 aromatic carbocycles. The van der Waals surface area contributed by atoms with E-state index in [0.717, 1.165) is 12.1 Å². The topological polar surface area (TPSA) is 74.7 Å². The highest BCUT2D eigenvalue weighted by atomic mass is 19.4. The van der Waals surface area contributed by atoms with Gasteiger partial charge in [0.05, 0.1) is 11.6 Å². The van der Waals surface area contributed by atoms with Crippen molar-refractivity contribution in [2.75, 3.05) is 13.1 Å². The lowest BCUT2D eigenvalue weighted by Crippen LogP contribution is -2.39. The maximum Gasteiger partial charge on any atom is 0.416 e. The van der Waals surface area contributed by atoms with Crippen LogP contribution in [-0.4, -0.2) is 23.2 Å². The molecule has 0 amide bonds. The molecule has 1 aliphatic heterocycles. The molecule has 0 spiro atoms. The van der Waals surface area contributed by atoms with Gasteiger partial charge in [0.15, 0.2) is 5.82 Å². The first-order valence-electron chi connectivity index (χ1n) is 7.54. The standard InChI is InChI=1S/C16H15F3N4O/c17-16(18,19)12-3-1-2-11(8-12)9-13-22-14(24-23-13)15(10-20)4-6-21-7-5-15/h1-3,8,21H,4-7,9H2. The van der Waals surface area contributed by atoms with Crippen molar-refractivity contribution in [3.8, 4) is 6.07 Å². The second-order valence-corrected chi connectivity index (χ2v) is 5.83. The lowest BCUT2D eigenvalue weighted by atomic mass is 9.80. The van der Waals surface area contributed by atoms with E-state index >= 15 is 0 Å². The van der Waals surface area contributed by atoms with Gasteiger partial charge < -0.3 is 9.84 Å². The quantitative estimate of drug-likeness (QED) is 0.933. The first kappa shape index (κ1) is 16.5. The molecule has 2 aromatic rings. The summed E-state index contributed by atoms with van der Waals surface area (Å²) in [5.41, 5.74) is -1.09. The van der Waals surface area contributed by atoms with Gasteiger partial charge in [0, 0.05) is 6.42 Å². The van der Waals surface area contributed by atoms with Crippen molar-refractivity contribution in [2.45, 2.75) is 30.9 Å². The van der Waals surface area contributed by atoms with Gasteiger partial charge in [-0.3, -0.25) is 0 Å². The number of nitriles is 1. The van der Waals surface area contributed by atoms with Crippen LogP contribution in [0.2, 0.25) is 0 Å². The second-order valence-electron chi connectivity index (χ2n) is 5.83. The summed E-state index contributed by atoms with van der Waals surface area (Å²) in [6.45, 7) is 1.36. The van der Waals surface area contributed by atoms with Crippen LogP contribution in [0.3, 0.4) is 0 Å². The molecule has 0 atom stereocenters. The molecule has 24 heavy (non-hydrogen) atoms. The van der Waals surface area contributed by atoms with Gasteiger partial charge in [0.25, 0.3) is 0 Å². The maximum absolute atomic E-state index is 12.8. The smallest absolute Gasteiger partial charge is 0.338 e. The largest absolute Gasteiger partial charge is 0.416 e. The van der Waals surface area contributed by atoms with Gasteiger partial charge in [0.2, 0.25) is 5.89 Å². The number of alkyl halides is 3. The molecule has 3 rings (SSSR count). The van der Waals surface area contributed by atoms with Gasteiger partial charge in [-0.05, 0) is 37.6 Å². The number of halogens is 3. The number of benzene rings is 1. The Balaban J connectivity index is 1.81. The minimum atomic E-state index is -4.39. The summed E-state index contributed by atoms with van der Waals surface area (Å²) in [4.78, 5) is 4.25. The third-order valence-electron chi connectivity index (χ3n) is 4.17. The van der Waals surface area contributed by atoms with E-state index in [4.69, 9.17) is 4.52 Å². The molecular weight excluding hydrogens is 321 g/mol. The van der Waals surface area contributed by atoms with Crippen LogP contribution in [-0.2, 0) is 18.0 Å². The summed E-state index contributed by atoms with van der Waals surface area (Å²) < 4.78 is 43.5. The van der Waals surface area contributed by atoms with Gasteiger partial charge >= 0.3 is 6.18 Å². The van der Waals surface area contributed by atoms with Crippen molar-refractivity contribution < 1.29 is 17.7 Å². The average molecular weight is 336 g/mol. The molecule has 126 valence electrons. The number of hydrogen-bond donors (Lipinski definition) is 1. The zero-order valence-corrected chi connectivity index (χ0v) is 12.7. The number of piperidine rings is 1. The van der Waals surface area contributed by atoms with Gasteiger partial charge in [-0.2, -0.15) is 23.4 Å². The fraction of sp³-hybridized carbons (Fsp3) is 0.438. The van der Waals surface area contributed by atoms with E-state index in [1.54, 1.807) is 6.07 Å². The van der Waals surface area contributed by atoms with Gasteiger partial charge in [-0.25, -0.2) is 0 Å². The lowest BCUT2D eigenvalue weighted by Gasteiger charge is -2.27. The van der Waals surface area contributed by atoms with Crippen LogP contribution >= 0.6 is 0 Å². The van der Waals surface area contributed by atoms with Crippen molar-refractivity contribution in [1.82, 2.24) is 15.5 Å². The Morgan fingerprint density at radius 1 is 1.29 bits per heavy atom. The fourth-order valence-electron chi connectivity index (χ4n) is 2.79. The van der Waals surface area contributed by atoms with Crippen LogP contribution in [0.1, 0.15) is 35.7 Å². The monoisotopic (exact) mass is 336 g/mol. The summed E-state index contributed by atoms with van der Waals surface area (Å²) in [6.07, 6.45) is -3.14. The van der Waals surface area contributed by atoms with Crippen molar-refractivity contribution >= 4 is 0 Å². The Labute approximate surface area is 136 Å². The Kier molecular flexibility index (Phi) is 4.28. The number of nitrogens with one attached hydrogen (secondary N) is 1. The number of aromatic nitrogens is 2. The zero-order chi connectivity index (χ0) is 17.2. The number of nitrogens with zero attached hydrogens (tertiary/aromatic N) is 3. The Morgan fingerprint density at radius 3 is 2.71 bits per heavy atom. The second kappa shape index (κ2) is 6.24. The van der Waals surface area contributed by atoms with Crippen molar-refractivity contribution in [3.05, 3.63) is 47.1 Å². The summed E-state index contributed by atoms with van der Waals surface area (Å²) in [6, 6.07) is 7.27. The van der Waals surface area contributed by atoms with Crippen molar-refractivity contribution in [3.63, 3.8) is 0 Å². The molecule has 8 heteroatoms. The third-order valence-corrected chi connectivity index (χ3v) is 4.17. The molecule has 0 unspecified atom stereocenters. The maximum atomic E-state index is 12.8. The number of rotatable bonds is 3. The van der Waals surface area contributed by atoms with E-state index in [-0.39, 0.29) is 18.1 Å². The van der Waals surface area contributed by atoms with Gasteiger partial charge in [-0.1, -0.05) is 23.4 Å². The van der Waals surface area contributed by atoms with E-state index in [2.05, 4.69) is 21.5 Å². The average Bonchev–Trinajstić information content (AvgIpc) is 3.04. The van der Waals surface area contributed by atoms with Crippen LogP contribution in [0.15, 0.2) is 28.8 Å². The van der Waals surface area contributed by atoms with Gasteiger partial charge in [0.1, 0.15) is 5.41 Å². The van der Waals surface area contributed by atoms with Crippen LogP contribution < -0.4 is 5.32 Å². The normalized spacial score (nSPS) is 17.4. The zero-order valence-electron chi connectivity index (χ0n) is 12.7. The summed E-state index contributed by atoms with van der Waals surface area (Å²) in [5, 5.41) is 16.5. The van der Waals surface area contributed by atoms with Gasteiger partial charge in [-0.15, -0.1) is 0 Å². The highest BCUT2D eigenvalue weighted by molar-refractivity contribution is 5.28. The molecule has 1 N–H and O–H groups in total.